The molecule has 2 aromatic rings. The molecule has 0 atom stereocenters. The van der Waals surface area contributed by atoms with Gasteiger partial charge in [0.05, 0.1) is 0 Å². The minimum absolute atomic E-state index is 0.659. The van der Waals surface area contributed by atoms with Gasteiger partial charge in [-0.3, -0.25) is 0 Å². The second-order valence-corrected chi connectivity index (χ2v) is 7.12. The van der Waals surface area contributed by atoms with E-state index in [1.165, 1.54) is 27.5 Å². The standard InChI is InChI=1S/C16H19NOS2/c1-19-14-6-4-13(5-7-14)18-11-16-9-8-15(20-16)10-17-12-2-3-12/h4-9,12,17H,2-3,10-11H2,1H3. The molecule has 2 nitrogen and oxygen atoms in total. The molecule has 0 bridgehead atoms. The second-order valence-electron chi connectivity index (χ2n) is 4.99. The zero-order valence-corrected chi connectivity index (χ0v) is 13.2. The number of nitrogens with one attached hydrogen (secondary N) is 1. The first-order chi connectivity index (χ1) is 9.83. The van der Waals surface area contributed by atoms with Crippen molar-refractivity contribution in [2.75, 3.05) is 6.26 Å². The van der Waals surface area contributed by atoms with Crippen molar-refractivity contribution in [1.82, 2.24) is 5.32 Å². The molecule has 1 aliphatic rings. The van der Waals surface area contributed by atoms with E-state index in [4.69, 9.17) is 4.74 Å². The Morgan fingerprint density at radius 1 is 1.15 bits per heavy atom. The predicted molar refractivity (Wildman–Crippen MR) is 86.7 cm³/mol. The van der Waals surface area contributed by atoms with Gasteiger partial charge >= 0.3 is 0 Å². The molecule has 0 amide bonds. The molecule has 0 saturated heterocycles. The quantitative estimate of drug-likeness (QED) is 0.771. The molecule has 1 aromatic heterocycles. The van der Waals surface area contributed by atoms with Gasteiger partial charge in [-0.2, -0.15) is 0 Å². The Hall–Kier alpha value is -0.970. The summed E-state index contributed by atoms with van der Waals surface area (Å²) in [6.07, 6.45) is 4.76. The van der Waals surface area contributed by atoms with Crippen molar-refractivity contribution in [1.29, 1.82) is 0 Å². The molecule has 0 aliphatic heterocycles. The van der Waals surface area contributed by atoms with Crippen LogP contribution in [0.4, 0.5) is 0 Å². The number of rotatable bonds is 7. The Morgan fingerprint density at radius 3 is 2.60 bits per heavy atom. The smallest absolute Gasteiger partial charge is 0.122 e. The topological polar surface area (TPSA) is 21.3 Å². The van der Waals surface area contributed by atoms with Gasteiger partial charge in [0, 0.05) is 27.2 Å². The van der Waals surface area contributed by atoms with Crippen LogP contribution in [0.5, 0.6) is 5.75 Å². The highest BCUT2D eigenvalue weighted by Crippen LogP contribution is 2.23. The minimum Gasteiger partial charge on any atom is -0.488 e. The van der Waals surface area contributed by atoms with E-state index in [2.05, 4.69) is 35.8 Å². The predicted octanol–water partition coefficient (Wildman–Crippen LogP) is 4.30. The Morgan fingerprint density at radius 2 is 1.90 bits per heavy atom. The van der Waals surface area contributed by atoms with Gasteiger partial charge < -0.3 is 10.1 Å². The van der Waals surface area contributed by atoms with Gasteiger partial charge in [-0.15, -0.1) is 23.1 Å². The van der Waals surface area contributed by atoms with Crippen LogP contribution in [-0.2, 0) is 13.2 Å². The van der Waals surface area contributed by atoms with Gasteiger partial charge in [0.1, 0.15) is 12.4 Å². The van der Waals surface area contributed by atoms with Gasteiger partial charge in [-0.05, 0) is 55.5 Å². The molecule has 0 unspecified atom stereocenters. The van der Waals surface area contributed by atoms with Crippen LogP contribution in [0.2, 0.25) is 0 Å². The summed E-state index contributed by atoms with van der Waals surface area (Å²) in [5, 5.41) is 3.54. The highest BCUT2D eigenvalue weighted by Gasteiger charge is 2.20. The zero-order chi connectivity index (χ0) is 13.8. The fraction of sp³-hybridized carbons (Fsp3) is 0.375. The van der Waals surface area contributed by atoms with Crippen LogP contribution in [0, 0.1) is 0 Å². The molecule has 3 rings (SSSR count). The SMILES string of the molecule is CSc1ccc(OCc2ccc(CNC3CC3)s2)cc1. The summed E-state index contributed by atoms with van der Waals surface area (Å²) in [6.45, 7) is 1.66. The molecule has 0 radical (unpaired) electrons. The summed E-state index contributed by atoms with van der Waals surface area (Å²) in [6, 6.07) is 13.4. The zero-order valence-electron chi connectivity index (χ0n) is 11.6. The van der Waals surface area contributed by atoms with Crippen molar-refractivity contribution in [3.63, 3.8) is 0 Å². The molecule has 1 heterocycles. The van der Waals surface area contributed by atoms with Gasteiger partial charge in [0.25, 0.3) is 0 Å². The fourth-order valence-corrected chi connectivity index (χ4v) is 3.24. The van der Waals surface area contributed by atoms with Crippen molar-refractivity contribution in [2.24, 2.45) is 0 Å². The van der Waals surface area contributed by atoms with Crippen LogP contribution in [-0.4, -0.2) is 12.3 Å². The largest absolute Gasteiger partial charge is 0.488 e. The second kappa shape index (κ2) is 6.66. The van der Waals surface area contributed by atoms with E-state index in [9.17, 15) is 0 Å². The van der Waals surface area contributed by atoms with E-state index in [1.54, 1.807) is 11.8 Å². The van der Waals surface area contributed by atoms with Crippen LogP contribution in [0.1, 0.15) is 22.6 Å². The van der Waals surface area contributed by atoms with E-state index in [0.717, 1.165) is 18.3 Å². The average molecular weight is 305 g/mol. The first kappa shape index (κ1) is 14.0. The maximum atomic E-state index is 5.82. The number of hydrogen-bond donors (Lipinski definition) is 1. The number of benzene rings is 1. The van der Waals surface area contributed by atoms with Crippen molar-refractivity contribution < 1.29 is 4.74 Å². The number of ether oxygens (including phenoxy) is 1. The minimum atomic E-state index is 0.659. The average Bonchev–Trinajstić information content (AvgIpc) is 3.22. The summed E-state index contributed by atoms with van der Waals surface area (Å²) < 4.78 is 5.82. The molecule has 1 fully saturated rings. The summed E-state index contributed by atoms with van der Waals surface area (Å²) in [5.74, 6) is 0.939. The highest BCUT2D eigenvalue weighted by molar-refractivity contribution is 7.98. The van der Waals surface area contributed by atoms with Crippen molar-refractivity contribution in [3.8, 4) is 5.75 Å². The fourth-order valence-electron chi connectivity index (χ4n) is 1.95. The number of thiophene rings is 1. The molecule has 4 heteroatoms. The summed E-state index contributed by atoms with van der Waals surface area (Å²) in [5.41, 5.74) is 0. The number of thioether (sulfide) groups is 1. The lowest BCUT2D eigenvalue weighted by Crippen LogP contribution is -2.14. The third-order valence-electron chi connectivity index (χ3n) is 3.30. The molecule has 1 aromatic carbocycles. The lowest BCUT2D eigenvalue weighted by atomic mass is 10.3. The molecular weight excluding hydrogens is 286 g/mol. The van der Waals surface area contributed by atoms with Crippen molar-refractivity contribution in [3.05, 3.63) is 46.2 Å². The summed E-state index contributed by atoms with van der Waals surface area (Å²) in [4.78, 5) is 3.95. The van der Waals surface area contributed by atoms with E-state index < -0.39 is 0 Å². The Labute approximate surface area is 128 Å². The normalized spacial score (nSPS) is 14.4. The van der Waals surface area contributed by atoms with E-state index >= 15 is 0 Å². The van der Waals surface area contributed by atoms with Gasteiger partial charge in [-0.1, -0.05) is 0 Å². The van der Waals surface area contributed by atoms with Gasteiger partial charge in [-0.25, -0.2) is 0 Å². The summed E-state index contributed by atoms with van der Waals surface area (Å²) >= 11 is 3.59. The molecular formula is C16H19NOS2. The van der Waals surface area contributed by atoms with Crippen LogP contribution in [0.15, 0.2) is 41.3 Å². The first-order valence-electron chi connectivity index (χ1n) is 6.91. The Bertz CT molecular complexity index is 546. The van der Waals surface area contributed by atoms with Gasteiger partial charge in [0.15, 0.2) is 0 Å². The van der Waals surface area contributed by atoms with Crippen molar-refractivity contribution in [2.45, 2.75) is 36.9 Å². The molecule has 1 saturated carbocycles. The molecule has 106 valence electrons. The van der Waals surface area contributed by atoms with Crippen LogP contribution < -0.4 is 10.1 Å². The van der Waals surface area contributed by atoms with E-state index in [0.29, 0.717) is 6.61 Å². The van der Waals surface area contributed by atoms with E-state index in [1.807, 2.05) is 23.5 Å². The highest BCUT2D eigenvalue weighted by atomic mass is 32.2. The first-order valence-corrected chi connectivity index (χ1v) is 8.95. The van der Waals surface area contributed by atoms with Gasteiger partial charge in [0.2, 0.25) is 0 Å². The molecule has 20 heavy (non-hydrogen) atoms. The maximum Gasteiger partial charge on any atom is 0.122 e. The number of hydrogen-bond acceptors (Lipinski definition) is 4. The lowest BCUT2D eigenvalue weighted by Gasteiger charge is -2.05. The van der Waals surface area contributed by atoms with Crippen molar-refractivity contribution >= 4 is 23.1 Å². The summed E-state index contributed by atoms with van der Waals surface area (Å²) in [7, 11) is 0. The van der Waals surface area contributed by atoms with Crippen LogP contribution in [0.3, 0.4) is 0 Å². The van der Waals surface area contributed by atoms with Crippen LogP contribution in [0.25, 0.3) is 0 Å². The maximum absolute atomic E-state index is 5.82. The molecule has 1 N–H and O–H groups in total. The molecule has 1 aliphatic carbocycles. The Balaban J connectivity index is 1.49. The third-order valence-corrected chi connectivity index (χ3v) is 5.10. The monoisotopic (exact) mass is 305 g/mol. The van der Waals surface area contributed by atoms with Crippen LogP contribution >= 0.6 is 23.1 Å². The van der Waals surface area contributed by atoms with E-state index in [-0.39, 0.29) is 0 Å². The molecule has 0 spiro atoms. The Kier molecular flexibility index (Phi) is 4.65. The lowest BCUT2D eigenvalue weighted by molar-refractivity contribution is 0.309. The third kappa shape index (κ3) is 4.01.